The summed E-state index contributed by atoms with van der Waals surface area (Å²) in [5, 5.41) is 6.10. The van der Waals surface area contributed by atoms with Gasteiger partial charge in [0, 0.05) is 19.6 Å². The molecule has 6 heteroatoms. The van der Waals surface area contributed by atoms with Gasteiger partial charge in [-0.3, -0.25) is 4.99 Å². The molecular weight excluding hydrogens is 250 g/mol. The maximum atomic E-state index is 12.0. The van der Waals surface area contributed by atoms with Crippen molar-refractivity contribution in [1.82, 2.24) is 10.6 Å². The molecule has 0 atom stereocenters. The summed E-state index contributed by atoms with van der Waals surface area (Å²) >= 11 is 0. The second kappa shape index (κ2) is 5.86. The summed E-state index contributed by atoms with van der Waals surface area (Å²) in [6.45, 7) is 2.04. The second-order valence-electron chi connectivity index (χ2n) is 4.07. The molecule has 0 amide bonds. The third kappa shape index (κ3) is 3.46. The molecule has 0 aliphatic carbocycles. The Balaban J connectivity index is 1.88. The number of benzene rings is 1. The van der Waals surface area contributed by atoms with Gasteiger partial charge in [0.1, 0.15) is 0 Å². The molecule has 1 aliphatic rings. The van der Waals surface area contributed by atoms with Gasteiger partial charge < -0.3 is 10.6 Å². The predicted molar refractivity (Wildman–Crippen MR) is 71.4 cm³/mol. The fourth-order valence-corrected chi connectivity index (χ4v) is 2.88. The number of nitrogens with zero attached hydrogens (tertiary/aromatic N) is 1. The SMILES string of the molecule is O=S(=O)(CCNC1=NCCCN1)c1ccccc1. The fourth-order valence-electron chi connectivity index (χ4n) is 1.70. The van der Waals surface area contributed by atoms with Crippen LogP contribution in [0.5, 0.6) is 0 Å². The summed E-state index contributed by atoms with van der Waals surface area (Å²) < 4.78 is 23.9. The van der Waals surface area contributed by atoms with E-state index in [1.807, 2.05) is 0 Å². The zero-order valence-corrected chi connectivity index (χ0v) is 10.9. The lowest BCUT2D eigenvalue weighted by Gasteiger charge is -2.15. The van der Waals surface area contributed by atoms with Crippen molar-refractivity contribution in [3.8, 4) is 0 Å². The fraction of sp³-hybridized carbons (Fsp3) is 0.417. The molecule has 0 saturated carbocycles. The van der Waals surface area contributed by atoms with E-state index < -0.39 is 9.84 Å². The first-order valence-electron chi connectivity index (χ1n) is 5.98. The van der Waals surface area contributed by atoms with Crippen LogP contribution in [0, 0.1) is 0 Å². The van der Waals surface area contributed by atoms with Gasteiger partial charge in [0.15, 0.2) is 15.8 Å². The second-order valence-corrected chi connectivity index (χ2v) is 6.18. The summed E-state index contributed by atoms with van der Waals surface area (Å²) in [6, 6.07) is 8.50. The van der Waals surface area contributed by atoms with Gasteiger partial charge in [-0.25, -0.2) is 8.42 Å². The van der Waals surface area contributed by atoms with E-state index in [1.54, 1.807) is 30.3 Å². The van der Waals surface area contributed by atoms with Crippen molar-refractivity contribution in [2.45, 2.75) is 11.3 Å². The first kappa shape index (κ1) is 12.9. The number of rotatable bonds is 4. The minimum atomic E-state index is -3.21. The van der Waals surface area contributed by atoms with Crippen molar-refractivity contribution in [3.63, 3.8) is 0 Å². The van der Waals surface area contributed by atoms with Gasteiger partial charge in [-0.05, 0) is 18.6 Å². The van der Waals surface area contributed by atoms with E-state index in [0.717, 1.165) is 19.5 Å². The Morgan fingerprint density at radius 2 is 2.06 bits per heavy atom. The van der Waals surface area contributed by atoms with Crippen LogP contribution in [0.3, 0.4) is 0 Å². The van der Waals surface area contributed by atoms with Gasteiger partial charge in [-0.2, -0.15) is 0 Å². The molecule has 0 aromatic heterocycles. The molecule has 0 spiro atoms. The highest BCUT2D eigenvalue weighted by molar-refractivity contribution is 7.91. The minimum absolute atomic E-state index is 0.0672. The third-order valence-electron chi connectivity index (χ3n) is 2.66. The normalized spacial score (nSPS) is 15.7. The first-order chi connectivity index (χ1) is 8.68. The van der Waals surface area contributed by atoms with Gasteiger partial charge in [-0.15, -0.1) is 0 Å². The summed E-state index contributed by atoms with van der Waals surface area (Å²) in [4.78, 5) is 4.59. The molecule has 2 N–H and O–H groups in total. The van der Waals surface area contributed by atoms with Crippen LogP contribution >= 0.6 is 0 Å². The molecule has 98 valence electrons. The van der Waals surface area contributed by atoms with E-state index in [2.05, 4.69) is 15.6 Å². The van der Waals surface area contributed by atoms with E-state index in [-0.39, 0.29) is 5.75 Å². The summed E-state index contributed by atoms with van der Waals surface area (Å²) in [7, 11) is -3.21. The van der Waals surface area contributed by atoms with Crippen LogP contribution in [0.2, 0.25) is 0 Å². The van der Waals surface area contributed by atoms with Crippen LogP contribution in [0.1, 0.15) is 6.42 Å². The average Bonchev–Trinajstić information content (AvgIpc) is 2.41. The van der Waals surface area contributed by atoms with E-state index >= 15 is 0 Å². The lowest BCUT2D eigenvalue weighted by atomic mass is 10.4. The zero-order valence-electron chi connectivity index (χ0n) is 10.1. The Morgan fingerprint density at radius 3 is 2.72 bits per heavy atom. The van der Waals surface area contributed by atoms with Crippen LogP contribution < -0.4 is 10.6 Å². The van der Waals surface area contributed by atoms with E-state index in [9.17, 15) is 8.42 Å². The Morgan fingerprint density at radius 1 is 1.28 bits per heavy atom. The predicted octanol–water partition coefficient (Wildman–Crippen LogP) is 0.399. The molecule has 1 aromatic carbocycles. The molecule has 0 fully saturated rings. The van der Waals surface area contributed by atoms with Gasteiger partial charge in [0.05, 0.1) is 10.6 Å². The van der Waals surface area contributed by atoms with Crippen LogP contribution in [-0.2, 0) is 9.84 Å². The molecule has 1 heterocycles. The molecule has 0 bridgehead atoms. The number of sulfone groups is 1. The molecular formula is C12H17N3O2S. The number of nitrogens with one attached hydrogen (secondary N) is 2. The lowest BCUT2D eigenvalue weighted by molar-refractivity contribution is 0.594. The zero-order chi connectivity index (χ0) is 12.8. The highest BCUT2D eigenvalue weighted by Crippen LogP contribution is 2.09. The highest BCUT2D eigenvalue weighted by atomic mass is 32.2. The monoisotopic (exact) mass is 267 g/mol. The van der Waals surface area contributed by atoms with Crippen LogP contribution in [0.4, 0.5) is 0 Å². The Kier molecular flexibility index (Phi) is 4.19. The highest BCUT2D eigenvalue weighted by Gasteiger charge is 2.13. The molecule has 1 aromatic rings. The molecule has 2 rings (SSSR count). The number of guanidine groups is 1. The quantitative estimate of drug-likeness (QED) is 0.828. The Hall–Kier alpha value is -1.56. The van der Waals surface area contributed by atoms with Crippen molar-refractivity contribution in [2.75, 3.05) is 25.4 Å². The van der Waals surface area contributed by atoms with E-state index in [4.69, 9.17) is 0 Å². The third-order valence-corrected chi connectivity index (χ3v) is 4.39. The van der Waals surface area contributed by atoms with Crippen molar-refractivity contribution < 1.29 is 8.42 Å². The van der Waals surface area contributed by atoms with Gasteiger partial charge in [0.25, 0.3) is 0 Å². The largest absolute Gasteiger partial charge is 0.356 e. The summed E-state index contributed by atoms with van der Waals surface area (Å²) in [6.07, 6.45) is 1.02. The maximum absolute atomic E-state index is 12.0. The van der Waals surface area contributed by atoms with Crippen molar-refractivity contribution in [2.24, 2.45) is 4.99 Å². The molecule has 0 unspecified atom stereocenters. The first-order valence-corrected chi connectivity index (χ1v) is 7.64. The molecule has 5 nitrogen and oxygen atoms in total. The van der Waals surface area contributed by atoms with Crippen LogP contribution in [-0.4, -0.2) is 39.8 Å². The molecule has 0 saturated heterocycles. The van der Waals surface area contributed by atoms with E-state index in [1.165, 1.54) is 0 Å². The Bertz CT molecular complexity index is 511. The molecule has 18 heavy (non-hydrogen) atoms. The summed E-state index contributed by atoms with van der Waals surface area (Å²) in [5.74, 6) is 0.766. The van der Waals surface area contributed by atoms with E-state index in [0.29, 0.717) is 17.4 Å². The minimum Gasteiger partial charge on any atom is -0.356 e. The number of hydrogen-bond donors (Lipinski definition) is 2. The lowest BCUT2D eigenvalue weighted by Crippen LogP contribution is -2.42. The molecule has 0 radical (unpaired) electrons. The van der Waals surface area contributed by atoms with Crippen molar-refractivity contribution >= 4 is 15.8 Å². The average molecular weight is 267 g/mol. The van der Waals surface area contributed by atoms with Crippen LogP contribution in [0.25, 0.3) is 0 Å². The van der Waals surface area contributed by atoms with Crippen LogP contribution in [0.15, 0.2) is 40.2 Å². The maximum Gasteiger partial charge on any atom is 0.191 e. The van der Waals surface area contributed by atoms with Crippen molar-refractivity contribution in [1.29, 1.82) is 0 Å². The number of hydrogen-bond acceptors (Lipinski definition) is 5. The summed E-state index contributed by atoms with van der Waals surface area (Å²) in [5.41, 5.74) is 0. The van der Waals surface area contributed by atoms with Gasteiger partial charge in [-0.1, -0.05) is 18.2 Å². The molecule has 1 aliphatic heterocycles. The van der Waals surface area contributed by atoms with Gasteiger partial charge >= 0.3 is 0 Å². The smallest absolute Gasteiger partial charge is 0.191 e. The van der Waals surface area contributed by atoms with Crippen molar-refractivity contribution in [3.05, 3.63) is 30.3 Å². The Labute approximate surface area is 107 Å². The number of aliphatic imine (C=N–C) groups is 1. The van der Waals surface area contributed by atoms with Gasteiger partial charge in [0.2, 0.25) is 0 Å². The topological polar surface area (TPSA) is 70.6 Å². The standard InChI is InChI=1S/C12H17N3O2S/c16-18(17,11-5-2-1-3-6-11)10-9-15-12-13-7-4-8-14-12/h1-3,5-6H,4,7-10H2,(H2,13,14,15).